The molecule has 23 heavy (non-hydrogen) atoms. The maximum Gasteiger partial charge on any atom is 0.234 e. The van der Waals surface area contributed by atoms with Crippen LogP contribution in [0.3, 0.4) is 0 Å². The molecule has 4 nitrogen and oxygen atoms in total. The van der Waals surface area contributed by atoms with Crippen LogP contribution in [0.1, 0.15) is 19.2 Å². The maximum absolute atomic E-state index is 12.1. The number of benzene rings is 1. The molecule has 1 N–H and O–H groups in total. The Labute approximate surface area is 140 Å². The molecule has 0 saturated heterocycles. The summed E-state index contributed by atoms with van der Waals surface area (Å²) in [6.45, 7) is 2.94. The molecule has 5 heteroatoms. The SMILES string of the molecule is CCn1c(SCC(=O)Nc2ccccc2)cnc1C1=CC=CC1. The number of anilines is 1. The van der Waals surface area contributed by atoms with Crippen LogP contribution in [0, 0.1) is 0 Å². The maximum atomic E-state index is 12.1. The molecule has 0 atom stereocenters. The van der Waals surface area contributed by atoms with E-state index in [2.05, 4.69) is 40.0 Å². The molecule has 1 heterocycles. The molecule has 0 saturated carbocycles. The molecule has 0 bridgehead atoms. The summed E-state index contributed by atoms with van der Waals surface area (Å²) in [5.41, 5.74) is 2.05. The van der Waals surface area contributed by atoms with Crippen molar-refractivity contribution < 1.29 is 4.79 Å². The first-order chi connectivity index (χ1) is 11.3. The summed E-state index contributed by atoms with van der Waals surface area (Å²) in [5, 5.41) is 3.93. The zero-order valence-electron chi connectivity index (χ0n) is 13.0. The summed E-state index contributed by atoms with van der Waals surface area (Å²) in [6.07, 6.45) is 9.08. The lowest BCUT2D eigenvalue weighted by Gasteiger charge is -2.10. The molecule has 1 amide bonds. The Hall–Kier alpha value is -2.27. The highest BCUT2D eigenvalue weighted by Crippen LogP contribution is 2.27. The van der Waals surface area contributed by atoms with Gasteiger partial charge in [-0.1, -0.05) is 48.2 Å². The van der Waals surface area contributed by atoms with Crippen molar-refractivity contribution in [1.82, 2.24) is 9.55 Å². The summed E-state index contributed by atoms with van der Waals surface area (Å²) in [7, 11) is 0. The number of para-hydroxylation sites is 1. The molecule has 3 rings (SSSR count). The van der Waals surface area contributed by atoms with Crippen molar-refractivity contribution in [3.05, 3.63) is 60.6 Å². The van der Waals surface area contributed by atoms with E-state index in [4.69, 9.17) is 0 Å². The number of carbonyl (C=O) groups excluding carboxylic acids is 1. The molecule has 0 spiro atoms. The van der Waals surface area contributed by atoms with Gasteiger partial charge in [0.05, 0.1) is 17.0 Å². The molecular weight excluding hydrogens is 306 g/mol. The average Bonchev–Trinajstić information content (AvgIpc) is 3.22. The minimum Gasteiger partial charge on any atom is -0.325 e. The molecule has 0 radical (unpaired) electrons. The highest BCUT2D eigenvalue weighted by molar-refractivity contribution is 7.99. The number of allylic oxidation sites excluding steroid dienone is 4. The summed E-state index contributed by atoms with van der Waals surface area (Å²) in [4.78, 5) is 16.6. The van der Waals surface area contributed by atoms with Crippen LogP contribution in [0.15, 0.2) is 59.8 Å². The van der Waals surface area contributed by atoms with Crippen molar-refractivity contribution in [2.45, 2.75) is 24.9 Å². The third kappa shape index (κ3) is 3.74. The van der Waals surface area contributed by atoms with E-state index in [9.17, 15) is 4.79 Å². The van der Waals surface area contributed by atoms with Crippen molar-refractivity contribution in [3.63, 3.8) is 0 Å². The molecule has 0 aliphatic heterocycles. The number of nitrogens with zero attached hydrogens (tertiary/aromatic N) is 2. The number of thioether (sulfide) groups is 1. The second-order valence-corrected chi connectivity index (χ2v) is 6.19. The van der Waals surface area contributed by atoms with Gasteiger partial charge < -0.3 is 9.88 Å². The van der Waals surface area contributed by atoms with E-state index in [1.807, 2.05) is 36.5 Å². The monoisotopic (exact) mass is 325 g/mol. The van der Waals surface area contributed by atoms with E-state index in [1.165, 1.54) is 17.3 Å². The van der Waals surface area contributed by atoms with Gasteiger partial charge in [-0.05, 0) is 31.1 Å². The third-order valence-electron chi connectivity index (χ3n) is 3.60. The summed E-state index contributed by atoms with van der Waals surface area (Å²) in [5.74, 6) is 1.37. The molecule has 118 valence electrons. The van der Waals surface area contributed by atoms with E-state index in [-0.39, 0.29) is 5.91 Å². The fourth-order valence-corrected chi connectivity index (χ4v) is 3.36. The molecule has 0 fully saturated rings. The molecule has 1 aromatic carbocycles. The quantitative estimate of drug-likeness (QED) is 0.817. The van der Waals surface area contributed by atoms with Gasteiger partial charge in [0.1, 0.15) is 5.82 Å². The van der Waals surface area contributed by atoms with Gasteiger partial charge >= 0.3 is 0 Å². The smallest absolute Gasteiger partial charge is 0.234 e. The Morgan fingerprint density at radius 3 is 2.87 bits per heavy atom. The molecule has 1 aliphatic carbocycles. The predicted molar refractivity (Wildman–Crippen MR) is 95.4 cm³/mol. The van der Waals surface area contributed by atoms with E-state index in [1.54, 1.807) is 0 Å². The topological polar surface area (TPSA) is 46.9 Å². The average molecular weight is 325 g/mol. The van der Waals surface area contributed by atoms with Crippen molar-refractivity contribution in [2.75, 3.05) is 11.1 Å². The number of rotatable bonds is 6. The molecular formula is C18H19N3OS. The van der Waals surface area contributed by atoms with Crippen LogP contribution < -0.4 is 5.32 Å². The zero-order valence-corrected chi connectivity index (χ0v) is 13.8. The fraction of sp³-hybridized carbons (Fsp3) is 0.222. The number of nitrogens with one attached hydrogen (secondary N) is 1. The van der Waals surface area contributed by atoms with E-state index < -0.39 is 0 Å². The second-order valence-electron chi connectivity index (χ2n) is 5.19. The molecule has 0 unspecified atom stereocenters. The standard InChI is InChI=1S/C18H19N3OS/c1-2-21-17(12-19-18(21)14-8-6-7-9-14)23-13-16(22)20-15-10-4-3-5-11-15/h3-8,10-12H,2,9,13H2,1H3,(H,20,22). The van der Waals surface area contributed by atoms with Gasteiger partial charge in [0.15, 0.2) is 0 Å². The highest BCUT2D eigenvalue weighted by atomic mass is 32.2. The normalized spacial score (nSPS) is 13.2. The van der Waals surface area contributed by atoms with Crippen molar-refractivity contribution in [2.24, 2.45) is 0 Å². The van der Waals surface area contributed by atoms with Gasteiger partial charge in [-0.25, -0.2) is 4.98 Å². The van der Waals surface area contributed by atoms with Crippen LogP contribution in [-0.2, 0) is 11.3 Å². The van der Waals surface area contributed by atoms with Crippen LogP contribution in [0.4, 0.5) is 5.69 Å². The Morgan fingerprint density at radius 2 is 2.17 bits per heavy atom. The third-order valence-corrected chi connectivity index (χ3v) is 4.63. The summed E-state index contributed by atoms with van der Waals surface area (Å²) >= 11 is 1.52. The van der Waals surface area contributed by atoms with Gasteiger partial charge in [-0.3, -0.25) is 4.79 Å². The molecule has 2 aromatic rings. The fourth-order valence-electron chi connectivity index (χ4n) is 2.51. The minimum absolute atomic E-state index is 0.00616. The van der Waals surface area contributed by atoms with Gasteiger partial charge in [0, 0.05) is 12.2 Å². The first-order valence-electron chi connectivity index (χ1n) is 7.67. The summed E-state index contributed by atoms with van der Waals surface area (Å²) < 4.78 is 2.17. The number of hydrogen-bond acceptors (Lipinski definition) is 3. The van der Waals surface area contributed by atoms with Crippen LogP contribution in [0.5, 0.6) is 0 Å². The zero-order chi connectivity index (χ0) is 16.1. The number of amides is 1. The largest absolute Gasteiger partial charge is 0.325 e. The number of carbonyl (C=O) groups is 1. The first-order valence-corrected chi connectivity index (χ1v) is 8.65. The Morgan fingerprint density at radius 1 is 1.35 bits per heavy atom. The van der Waals surface area contributed by atoms with Gasteiger partial charge in [0.25, 0.3) is 0 Å². The Kier molecular flexibility index (Phi) is 4.98. The first kappa shape index (κ1) is 15.6. The Bertz CT molecular complexity index is 747. The van der Waals surface area contributed by atoms with Crippen LogP contribution in [0.2, 0.25) is 0 Å². The second kappa shape index (κ2) is 7.33. The van der Waals surface area contributed by atoms with Gasteiger partial charge in [-0.15, -0.1) is 0 Å². The minimum atomic E-state index is -0.00616. The highest BCUT2D eigenvalue weighted by Gasteiger charge is 2.14. The van der Waals surface area contributed by atoms with E-state index >= 15 is 0 Å². The van der Waals surface area contributed by atoms with Crippen molar-refractivity contribution in [1.29, 1.82) is 0 Å². The van der Waals surface area contributed by atoms with Crippen LogP contribution in [-0.4, -0.2) is 21.2 Å². The van der Waals surface area contributed by atoms with Crippen LogP contribution >= 0.6 is 11.8 Å². The van der Waals surface area contributed by atoms with Crippen LogP contribution in [0.25, 0.3) is 5.57 Å². The molecule has 1 aliphatic rings. The van der Waals surface area contributed by atoms with E-state index in [0.29, 0.717) is 5.75 Å². The van der Waals surface area contributed by atoms with Crippen molar-refractivity contribution in [3.8, 4) is 0 Å². The lowest BCUT2D eigenvalue weighted by molar-refractivity contribution is -0.113. The van der Waals surface area contributed by atoms with Gasteiger partial charge in [-0.2, -0.15) is 0 Å². The molecule has 1 aromatic heterocycles. The lowest BCUT2D eigenvalue weighted by Crippen LogP contribution is -2.14. The predicted octanol–water partition coefficient (Wildman–Crippen LogP) is 3.98. The number of hydrogen-bond donors (Lipinski definition) is 1. The number of aromatic nitrogens is 2. The number of imidazole rings is 1. The van der Waals surface area contributed by atoms with Gasteiger partial charge in [0.2, 0.25) is 5.91 Å². The lowest BCUT2D eigenvalue weighted by atomic mass is 10.2. The van der Waals surface area contributed by atoms with E-state index in [0.717, 1.165) is 29.5 Å². The summed E-state index contributed by atoms with van der Waals surface area (Å²) in [6, 6.07) is 9.51. The Balaban J connectivity index is 1.63. The van der Waals surface area contributed by atoms with Crippen molar-refractivity contribution >= 4 is 28.9 Å².